The molecule has 2 aliphatic rings. The second kappa shape index (κ2) is 27.1. The van der Waals surface area contributed by atoms with Crippen molar-refractivity contribution < 1.29 is 0 Å². The summed E-state index contributed by atoms with van der Waals surface area (Å²) in [5.41, 5.74) is 21.3. The van der Waals surface area contributed by atoms with Crippen LogP contribution in [0, 0.1) is 23.7 Å². The van der Waals surface area contributed by atoms with Crippen molar-refractivity contribution in [1.82, 2.24) is 8.97 Å². The third-order valence-corrected chi connectivity index (χ3v) is 18.6. The third-order valence-electron chi connectivity index (χ3n) is 18.6. The van der Waals surface area contributed by atoms with Gasteiger partial charge in [0.2, 0.25) is 6.67 Å². The Kier molecular flexibility index (Phi) is 18.5. The molecule has 2 bridgehead atoms. The summed E-state index contributed by atoms with van der Waals surface area (Å²) < 4.78 is 1.39. The minimum absolute atomic E-state index is 0.0679. The van der Waals surface area contributed by atoms with Crippen LogP contribution in [0.3, 0.4) is 0 Å². The summed E-state index contributed by atoms with van der Waals surface area (Å²) in [6.07, 6.45) is 5.36. The molecule has 89 heavy (non-hydrogen) atoms. The van der Waals surface area contributed by atoms with Gasteiger partial charge >= 0.3 is 0 Å². The van der Waals surface area contributed by atoms with E-state index >= 15 is 0 Å². The monoisotopic (exact) mass is 1170 g/mol. The summed E-state index contributed by atoms with van der Waals surface area (Å²) >= 11 is 0. The number of rotatable bonds is 24. The van der Waals surface area contributed by atoms with E-state index in [1.54, 1.807) is 0 Å². The van der Waals surface area contributed by atoms with Crippen molar-refractivity contribution in [3.8, 4) is 0 Å². The molecule has 450 valence electrons. The molecule has 12 rings (SSSR count). The Morgan fingerprint density at radius 3 is 0.607 bits per heavy atom. The predicted molar refractivity (Wildman–Crippen MR) is 379 cm³/mol. The van der Waals surface area contributed by atoms with Crippen molar-refractivity contribution in [2.45, 2.75) is 79.1 Å². The van der Waals surface area contributed by atoms with Crippen LogP contribution in [0.5, 0.6) is 0 Å². The van der Waals surface area contributed by atoms with Crippen molar-refractivity contribution in [3.05, 3.63) is 346 Å². The Bertz CT molecular complexity index is 3260. The Morgan fingerprint density at radius 2 is 0.449 bits per heavy atom. The summed E-state index contributed by atoms with van der Waals surface area (Å²) in [6.45, 7) is 25.6. The topological polar surface area (TPSA) is 6.48 Å². The lowest BCUT2D eigenvalue weighted by Crippen LogP contribution is -2.46. The Labute approximate surface area is 533 Å². The second-order valence-corrected chi connectivity index (χ2v) is 27.3. The fourth-order valence-corrected chi connectivity index (χ4v) is 15.3. The lowest BCUT2D eigenvalue weighted by Gasteiger charge is -2.37. The second-order valence-electron chi connectivity index (χ2n) is 27.3. The molecule has 0 saturated carbocycles. The van der Waals surface area contributed by atoms with E-state index in [-0.39, 0.29) is 23.7 Å². The fourth-order valence-electron chi connectivity index (χ4n) is 15.3. The van der Waals surface area contributed by atoms with Crippen LogP contribution in [0.25, 0.3) is 0 Å². The molecule has 10 aromatic carbocycles. The Hall–Kier alpha value is -8.54. The number of hydrogen-bond donors (Lipinski definition) is 0. The smallest absolute Gasteiger partial charge is 0.226 e. The standard InChI is InChI=1S/C85H92N4/c1-62(2)57-86(58-63(3)4)74-53-76(80(66-33-17-9-18-34-66)67-35-19-10-20-36-67)84(77(54-74)81(68-37-21-11-22-38-68)69-39-23-12-24-40-69)88-49-51-89(61-88,52-50-88)85-78(82(70-41-25-13-26-42-70)71-43-27-14-28-44-71)55-75(87(59-64(5)6)60-65(7)8)56-79(85)83(72-45-29-15-30-46-72)73-47-31-16-32-48-73/h9-49,51,53-56,62-65,80-83H,50,52,57-61H2,1-8H3/q+2. The van der Waals surface area contributed by atoms with Crippen LogP contribution in [0.2, 0.25) is 0 Å². The van der Waals surface area contributed by atoms with Gasteiger partial charge < -0.3 is 9.80 Å². The number of anilines is 2. The maximum Gasteiger partial charge on any atom is 0.226 e. The van der Waals surface area contributed by atoms with E-state index in [0.717, 1.165) is 45.9 Å². The predicted octanol–water partition coefficient (Wildman–Crippen LogP) is 20.4. The molecule has 10 aromatic rings. The average Bonchev–Trinajstić information content (AvgIpc) is 1.92. The van der Waals surface area contributed by atoms with E-state index in [9.17, 15) is 0 Å². The molecule has 0 radical (unpaired) electrons. The highest BCUT2D eigenvalue weighted by Crippen LogP contribution is 2.57. The molecule has 0 aromatic heterocycles. The van der Waals surface area contributed by atoms with Gasteiger partial charge in [0.05, 0.1) is 0 Å². The highest BCUT2D eigenvalue weighted by atomic mass is 15.6. The molecule has 2 heterocycles. The zero-order valence-electron chi connectivity index (χ0n) is 53.9. The third kappa shape index (κ3) is 13.0. The average molecular weight is 1170 g/mol. The first-order valence-corrected chi connectivity index (χ1v) is 33.1. The molecule has 1 fully saturated rings. The van der Waals surface area contributed by atoms with Crippen molar-refractivity contribution in [1.29, 1.82) is 0 Å². The summed E-state index contributed by atoms with van der Waals surface area (Å²) in [5, 5.41) is 0. The minimum Gasteiger partial charge on any atom is -0.371 e. The molecule has 0 aliphatic carbocycles. The van der Waals surface area contributed by atoms with Crippen molar-refractivity contribution in [2.75, 3.05) is 55.7 Å². The first kappa shape index (κ1) is 60.7. The first-order valence-electron chi connectivity index (χ1n) is 33.1. The normalized spacial score (nSPS) is 16.3. The highest BCUT2D eigenvalue weighted by Gasteiger charge is 2.59. The number of nitrogens with zero attached hydrogens (tertiary/aromatic N) is 4. The highest BCUT2D eigenvalue weighted by molar-refractivity contribution is 5.78. The lowest BCUT2D eigenvalue weighted by molar-refractivity contribution is 0.398. The molecule has 1 saturated heterocycles. The summed E-state index contributed by atoms with van der Waals surface area (Å²) in [5.74, 6) is 1.57. The largest absolute Gasteiger partial charge is 0.371 e. The van der Waals surface area contributed by atoms with Gasteiger partial charge in [-0.3, -0.25) is 0 Å². The lowest BCUT2D eigenvalue weighted by atomic mass is 9.77. The van der Waals surface area contributed by atoms with Gasteiger partial charge in [0.25, 0.3) is 0 Å². The van der Waals surface area contributed by atoms with Gasteiger partial charge in [-0.2, -0.15) is 0 Å². The van der Waals surface area contributed by atoms with Crippen LogP contribution in [0.1, 0.15) is 146 Å². The van der Waals surface area contributed by atoms with Crippen LogP contribution in [0.15, 0.2) is 279 Å². The van der Waals surface area contributed by atoms with Crippen LogP contribution in [0.4, 0.5) is 22.7 Å². The summed E-state index contributed by atoms with van der Waals surface area (Å²) in [4.78, 5) is 5.44. The van der Waals surface area contributed by atoms with Gasteiger partial charge in [-0.15, -0.1) is 0 Å². The van der Waals surface area contributed by atoms with Gasteiger partial charge in [-0.1, -0.05) is 298 Å². The number of fused-ring (bicyclic) bond motifs is 2. The minimum atomic E-state index is -0.0679. The summed E-state index contributed by atoms with van der Waals surface area (Å²) in [7, 11) is 0. The van der Waals surface area contributed by atoms with Crippen LogP contribution >= 0.6 is 0 Å². The van der Waals surface area contributed by atoms with Crippen LogP contribution in [-0.4, -0.2) is 45.9 Å². The van der Waals surface area contributed by atoms with Gasteiger partial charge in [0.15, 0.2) is 23.8 Å². The maximum absolute atomic E-state index is 2.72. The van der Waals surface area contributed by atoms with E-state index in [4.69, 9.17) is 0 Å². The van der Waals surface area contributed by atoms with Gasteiger partial charge in [-0.05, 0) is 92.4 Å². The zero-order chi connectivity index (χ0) is 61.5. The molecule has 2 atom stereocenters. The van der Waals surface area contributed by atoms with E-state index in [1.807, 2.05) is 0 Å². The number of benzene rings is 10. The molecule has 2 aliphatic heterocycles. The quantitative estimate of drug-likeness (QED) is 0.0439. The molecule has 0 amide bonds. The molecular weight excluding hydrogens is 1080 g/mol. The van der Waals surface area contributed by atoms with Gasteiger partial charge in [0, 0.05) is 83.5 Å². The molecule has 0 spiro atoms. The van der Waals surface area contributed by atoms with E-state index in [1.165, 1.54) is 89.5 Å². The number of quaternary nitrogens is 2. The molecule has 2 unspecified atom stereocenters. The Morgan fingerprint density at radius 1 is 0.270 bits per heavy atom. The fraction of sp³-hybridized carbons (Fsp3) is 0.271. The van der Waals surface area contributed by atoms with Crippen LogP contribution < -0.4 is 18.8 Å². The zero-order valence-corrected chi connectivity index (χ0v) is 53.9. The molecule has 4 nitrogen and oxygen atoms in total. The SMILES string of the molecule is CC(C)CN(CC(C)C)c1cc(C(c2ccccc2)c2ccccc2)c([N+]23C=C[N+](c4c(C(c5ccccc5)c5ccccc5)cc(N(CC(C)C)CC(C)C)cc4C(c4ccccc4)c4ccccc4)(CC2)C3)c(C(c2ccccc2)c2ccccc2)c1. The van der Waals surface area contributed by atoms with E-state index in [0.29, 0.717) is 32.6 Å². The molecule has 0 N–H and O–H groups in total. The molecular formula is C85H92N4+2. The van der Waals surface area contributed by atoms with Crippen molar-refractivity contribution in [2.24, 2.45) is 23.7 Å². The van der Waals surface area contributed by atoms with Crippen LogP contribution in [-0.2, 0) is 0 Å². The Balaban J connectivity index is 1.21. The maximum atomic E-state index is 2.72. The first-order chi connectivity index (χ1) is 43.4. The van der Waals surface area contributed by atoms with Gasteiger partial charge in [-0.25, -0.2) is 8.97 Å². The van der Waals surface area contributed by atoms with E-state index in [2.05, 4.69) is 345 Å². The van der Waals surface area contributed by atoms with E-state index < -0.39 is 0 Å². The molecule has 4 heteroatoms. The van der Waals surface area contributed by atoms with Gasteiger partial charge in [0.1, 0.15) is 13.1 Å². The number of hydrogen-bond acceptors (Lipinski definition) is 2. The van der Waals surface area contributed by atoms with Crippen molar-refractivity contribution in [3.63, 3.8) is 0 Å². The van der Waals surface area contributed by atoms with Crippen molar-refractivity contribution >= 4 is 22.7 Å². The summed E-state index contributed by atoms with van der Waals surface area (Å²) in [6, 6.07) is 102.